The van der Waals surface area contributed by atoms with E-state index in [0.29, 0.717) is 19.4 Å². The molecule has 0 saturated carbocycles. The van der Waals surface area contributed by atoms with Gasteiger partial charge in [-0.3, -0.25) is 9.59 Å². The van der Waals surface area contributed by atoms with Gasteiger partial charge in [0.2, 0.25) is 5.91 Å². The molecule has 0 aromatic carbocycles. The molecule has 0 spiro atoms. The summed E-state index contributed by atoms with van der Waals surface area (Å²) in [5, 5.41) is 23.1. The summed E-state index contributed by atoms with van der Waals surface area (Å²) in [5.41, 5.74) is 0. The van der Waals surface area contributed by atoms with Crippen LogP contribution in [0.15, 0.2) is 12.2 Å². The summed E-state index contributed by atoms with van der Waals surface area (Å²) in [5.74, 6) is -0.0749. The number of esters is 1. The number of amides is 1. The minimum absolute atomic E-state index is 0.00108. The highest BCUT2D eigenvalue weighted by atomic mass is 16.5. The molecule has 0 saturated heterocycles. The maximum atomic E-state index is 12.5. The van der Waals surface area contributed by atoms with Gasteiger partial charge in [-0.15, -0.1) is 0 Å². The van der Waals surface area contributed by atoms with Crippen molar-refractivity contribution in [3.8, 4) is 0 Å². The predicted molar refractivity (Wildman–Crippen MR) is 278 cm³/mol. The van der Waals surface area contributed by atoms with Gasteiger partial charge in [0, 0.05) is 12.8 Å². The van der Waals surface area contributed by atoms with Gasteiger partial charge in [-0.25, -0.2) is 0 Å². The lowest BCUT2D eigenvalue weighted by molar-refractivity contribution is -0.143. The van der Waals surface area contributed by atoms with Crippen molar-refractivity contribution >= 4 is 11.9 Å². The number of aliphatic hydroxyl groups is 2. The Balaban J connectivity index is 3.44. The van der Waals surface area contributed by atoms with Crippen LogP contribution in [0.5, 0.6) is 0 Å². The molecule has 1 amide bonds. The van der Waals surface area contributed by atoms with Gasteiger partial charge in [0.25, 0.3) is 0 Å². The first kappa shape index (κ1) is 62.6. The minimum Gasteiger partial charge on any atom is -0.466 e. The van der Waals surface area contributed by atoms with Gasteiger partial charge in [0.15, 0.2) is 0 Å². The third-order valence-electron chi connectivity index (χ3n) is 13.6. The van der Waals surface area contributed by atoms with Crippen molar-refractivity contribution in [2.75, 3.05) is 13.2 Å². The Morgan fingerprint density at radius 1 is 0.422 bits per heavy atom. The Kier molecular flexibility index (Phi) is 53.0. The van der Waals surface area contributed by atoms with E-state index in [2.05, 4.69) is 19.2 Å². The molecule has 0 aliphatic rings. The van der Waals surface area contributed by atoms with Crippen LogP contribution in [-0.2, 0) is 14.3 Å². The van der Waals surface area contributed by atoms with Crippen LogP contribution in [0, 0.1) is 0 Å². The zero-order chi connectivity index (χ0) is 46.5. The first-order valence-electron chi connectivity index (χ1n) is 29.0. The Morgan fingerprint density at radius 2 is 0.719 bits per heavy atom. The van der Waals surface area contributed by atoms with Gasteiger partial charge in [-0.05, 0) is 32.1 Å². The van der Waals surface area contributed by atoms with E-state index >= 15 is 0 Å². The number of allylic oxidation sites excluding steroid dienone is 1. The molecule has 0 fully saturated rings. The molecule has 380 valence electrons. The average molecular weight is 905 g/mol. The second-order valence-electron chi connectivity index (χ2n) is 20.0. The third-order valence-corrected chi connectivity index (χ3v) is 13.6. The van der Waals surface area contributed by atoms with Gasteiger partial charge in [-0.2, -0.15) is 0 Å². The molecule has 0 aromatic rings. The summed E-state index contributed by atoms with van der Waals surface area (Å²) in [6.45, 7) is 4.91. The van der Waals surface area contributed by atoms with Gasteiger partial charge >= 0.3 is 5.97 Å². The number of nitrogens with one attached hydrogen (secondary N) is 1. The number of unbranched alkanes of at least 4 members (excludes halogenated alkanes) is 43. The van der Waals surface area contributed by atoms with Crippen molar-refractivity contribution < 1.29 is 24.5 Å². The zero-order valence-corrected chi connectivity index (χ0v) is 43.3. The van der Waals surface area contributed by atoms with E-state index in [1.807, 2.05) is 6.08 Å². The second-order valence-corrected chi connectivity index (χ2v) is 20.0. The summed E-state index contributed by atoms with van der Waals surface area (Å²) in [6.07, 6.45) is 63.7. The average Bonchev–Trinajstić information content (AvgIpc) is 3.29. The fraction of sp³-hybridized carbons (Fsp3) is 0.931. The number of carbonyl (C=O) groups excluding carboxylic acids is 2. The normalized spacial score (nSPS) is 12.6. The van der Waals surface area contributed by atoms with Crippen molar-refractivity contribution in [1.29, 1.82) is 0 Å². The highest BCUT2D eigenvalue weighted by molar-refractivity contribution is 5.76. The number of ether oxygens (including phenoxy) is 1. The van der Waals surface area contributed by atoms with E-state index < -0.39 is 12.1 Å². The number of hydrogen-bond donors (Lipinski definition) is 3. The van der Waals surface area contributed by atoms with Crippen LogP contribution >= 0.6 is 0 Å². The van der Waals surface area contributed by atoms with Crippen molar-refractivity contribution in [2.45, 2.75) is 334 Å². The minimum atomic E-state index is -0.850. The molecule has 0 rings (SSSR count). The first-order valence-corrected chi connectivity index (χ1v) is 29.0. The lowest BCUT2D eigenvalue weighted by atomic mass is 10.0. The van der Waals surface area contributed by atoms with Gasteiger partial charge in [0.1, 0.15) is 0 Å². The van der Waals surface area contributed by atoms with Crippen LogP contribution in [-0.4, -0.2) is 47.4 Å². The quantitative estimate of drug-likeness (QED) is 0.0321. The highest BCUT2D eigenvalue weighted by Crippen LogP contribution is 2.17. The van der Waals surface area contributed by atoms with Crippen molar-refractivity contribution in [3.63, 3.8) is 0 Å². The molecule has 2 atom stereocenters. The topological polar surface area (TPSA) is 95.9 Å². The summed E-state index contributed by atoms with van der Waals surface area (Å²) < 4.78 is 5.48. The van der Waals surface area contributed by atoms with Gasteiger partial charge in [0.05, 0.1) is 25.4 Å². The molecule has 0 radical (unpaired) electrons. The third kappa shape index (κ3) is 50.0. The first-order chi connectivity index (χ1) is 31.5. The number of hydrogen-bond acceptors (Lipinski definition) is 5. The van der Waals surface area contributed by atoms with Crippen molar-refractivity contribution in [2.24, 2.45) is 0 Å². The maximum absolute atomic E-state index is 12.5. The molecule has 0 heterocycles. The lowest BCUT2D eigenvalue weighted by Crippen LogP contribution is -2.45. The Morgan fingerprint density at radius 3 is 1.06 bits per heavy atom. The van der Waals surface area contributed by atoms with Crippen LogP contribution < -0.4 is 5.32 Å². The number of carbonyl (C=O) groups is 2. The number of rotatable bonds is 54. The standard InChI is InChI=1S/C58H113NO5/c1-3-5-7-9-11-13-15-17-19-21-23-28-32-36-40-44-48-52-58(63)64-53-49-45-41-37-33-29-25-24-27-31-35-39-43-47-51-57(62)59-55(54-60)56(61)50-46-42-38-34-30-26-22-20-18-16-14-12-10-8-6-4-2/h46,50,55-56,60-61H,3-45,47-49,51-54H2,1-2H3,(H,59,62)/b50-46+. The van der Waals surface area contributed by atoms with Crippen LogP contribution in [0.2, 0.25) is 0 Å². The maximum Gasteiger partial charge on any atom is 0.305 e. The molecule has 0 bridgehead atoms. The SMILES string of the molecule is CCCCCCCCCCCCCCCC/C=C/C(O)C(CO)NC(=O)CCCCCCCCCCCCCCCCOC(=O)CCCCCCCCCCCCCCCCCCC. The highest BCUT2D eigenvalue weighted by Gasteiger charge is 2.18. The molecule has 0 aliphatic carbocycles. The Hall–Kier alpha value is -1.40. The van der Waals surface area contributed by atoms with E-state index in [1.165, 1.54) is 238 Å². The molecular weight excluding hydrogens is 791 g/mol. The Labute approximate surface area is 399 Å². The monoisotopic (exact) mass is 904 g/mol. The molecule has 2 unspecified atom stereocenters. The lowest BCUT2D eigenvalue weighted by Gasteiger charge is -2.20. The molecular formula is C58H113NO5. The summed E-state index contributed by atoms with van der Waals surface area (Å²) in [4.78, 5) is 24.5. The summed E-state index contributed by atoms with van der Waals surface area (Å²) >= 11 is 0. The molecule has 0 aromatic heterocycles. The van der Waals surface area contributed by atoms with Crippen LogP contribution in [0.4, 0.5) is 0 Å². The smallest absolute Gasteiger partial charge is 0.305 e. The van der Waals surface area contributed by atoms with E-state index in [4.69, 9.17) is 4.74 Å². The Bertz CT molecular complexity index is 955. The largest absolute Gasteiger partial charge is 0.466 e. The molecule has 64 heavy (non-hydrogen) atoms. The van der Waals surface area contributed by atoms with Gasteiger partial charge in [-0.1, -0.05) is 289 Å². The fourth-order valence-corrected chi connectivity index (χ4v) is 9.11. The van der Waals surface area contributed by atoms with E-state index in [1.54, 1.807) is 6.08 Å². The number of aliphatic hydroxyl groups excluding tert-OH is 2. The van der Waals surface area contributed by atoms with Crippen LogP contribution in [0.1, 0.15) is 322 Å². The second kappa shape index (κ2) is 54.2. The zero-order valence-electron chi connectivity index (χ0n) is 43.3. The van der Waals surface area contributed by atoms with Crippen LogP contribution in [0.3, 0.4) is 0 Å². The van der Waals surface area contributed by atoms with Crippen molar-refractivity contribution in [1.82, 2.24) is 5.32 Å². The predicted octanol–water partition coefficient (Wildman–Crippen LogP) is 17.7. The van der Waals surface area contributed by atoms with E-state index in [9.17, 15) is 19.8 Å². The van der Waals surface area contributed by atoms with Gasteiger partial charge < -0.3 is 20.3 Å². The fourth-order valence-electron chi connectivity index (χ4n) is 9.11. The molecule has 0 aliphatic heterocycles. The van der Waals surface area contributed by atoms with E-state index in [-0.39, 0.29) is 18.5 Å². The summed E-state index contributed by atoms with van der Waals surface area (Å²) in [7, 11) is 0. The van der Waals surface area contributed by atoms with E-state index in [0.717, 1.165) is 57.8 Å². The van der Waals surface area contributed by atoms with Crippen LogP contribution in [0.25, 0.3) is 0 Å². The molecule has 6 heteroatoms. The molecule has 6 nitrogen and oxygen atoms in total. The molecule has 3 N–H and O–H groups in total. The summed E-state index contributed by atoms with van der Waals surface area (Å²) in [6, 6.07) is -0.635. The van der Waals surface area contributed by atoms with Crippen molar-refractivity contribution in [3.05, 3.63) is 12.2 Å².